The molecular formula is C23H28F3N3O5. The van der Waals surface area contributed by atoms with E-state index < -0.39 is 12.1 Å². The second-order valence-electron chi connectivity index (χ2n) is 7.85. The second kappa shape index (κ2) is 12.2. The summed E-state index contributed by atoms with van der Waals surface area (Å²) in [4.78, 5) is 35.3. The zero-order valence-corrected chi connectivity index (χ0v) is 18.7. The number of halogens is 3. The van der Waals surface area contributed by atoms with E-state index in [1.807, 2.05) is 31.3 Å². The van der Waals surface area contributed by atoms with E-state index in [1.54, 1.807) is 17.0 Å². The molecule has 1 aliphatic carbocycles. The van der Waals surface area contributed by atoms with Gasteiger partial charge in [-0.05, 0) is 36.6 Å². The molecule has 0 atom stereocenters. The smallest absolute Gasteiger partial charge is 0.475 e. The predicted molar refractivity (Wildman–Crippen MR) is 118 cm³/mol. The van der Waals surface area contributed by atoms with Gasteiger partial charge in [-0.3, -0.25) is 9.59 Å². The molecule has 0 radical (unpaired) electrons. The van der Waals surface area contributed by atoms with Gasteiger partial charge in [-0.25, -0.2) is 4.79 Å². The number of nitrogens with zero attached hydrogens (tertiary/aromatic N) is 1. The summed E-state index contributed by atoms with van der Waals surface area (Å²) in [6, 6.07) is 11.3. The Morgan fingerprint density at radius 1 is 1.15 bits per heavy atom. The first-order valence-electron chi connectivity index (χ1n) is 10.8. The quantitative estimate of drug-likeness (QED) is 0.577. The number of carboxylic acids is 1. The maximum atomic E-state index is 12.3. The summed E-state index contributed by atoms with van der Waals surface area (Å²) in [5.74, 6) is -2.43. The number of carbonyl (C=O) groups excluding carboxylic acids is 2. The van der Waals surface area contributed by atoms with E-state index in [-0.39, 0.29) is 30.2 Å². The molecule has 34 heavy (non-hydrogen) atoms. The zero-order chi connectivity index (χ0) is 25.3. The molecule has 0 bridgehead atoms. The van der Waals surface area contributed by atoms with Crippen LogP contribution in [0, 0.1) is 0 Å². The molecule has 1 saturated carbocycles. The lowest BCUT2D eigenvalue weighted by molar-refractivity contribution is -0.192. The van der Waals surface area contributed by atoms with Crippen LogP contribution in [0.2, 0.25) is 0 Å². The molecule has 8 nitrogen and oxygen atoms in total. The Kier molecular flexibility index (Phi) is 9.67. The van der Waals surface area contributed by atoms with Gasteiger partial charge in [0.05, 0.1) is 6.54 Å². The Labute approximate surface area is 194 Å². The summed E-state index contributed by atoms with van der Waals surface area (Å²) in [6.45, 7) is 0.420. The number of likely N-dealkylation sites (N-methyl/N-ethyl adjacent to an activating group) is 1. The third-order valence-corrected chi connectivity index (χ3v) is 5.44. The minimum Gasteiger partial charge on any atom is -0.475 e. The molecule has 2 amide bonds. The number of hydrogen-bond acceptors (Lipinski definition) is 5. The van der Waals surface area contributed by atoms with Gasteiger partial charge in [-0.1, -0.05) is 37.5 Å². The SMILES string of the molecule is CN(C(=O)CNC(=O)c1ccc(-c2cccc(CN)c2)o1)C1CCCCC1.O=C(O)C(F)(F)F. The lowest BCUT2D eigenvalue weighted by Crippen LogP contribution is -2.44. The van der Waals surface area contributed by atoms with Crippen LogP contribution in [0.5, 0.6) is 0 Å². The molecule has 1 aromatic carbocycles. The standard InChI is InChI=1S/C21H27N3O3.C2HF3O2/c1-24(17-8-3-2-4-9-17)20(25)14-23-21(26)19-11-10-18(27-19)16-7-5-6-15(12-16)13-22;3-2(4,5)1(6)7/h5-7,10-12,17H,2-4,8-9,13-14,22H2,1H3,(H,23,26);(H,6,7). The number of nitrogens with two attached hydrogens (primary N) is 1. The van der Waals surface area contributed by atoms with Crippen molar-refractivity contribution in [2.24, 2.45) is 5.73 Å². The van der Waals surface area contributed by atoms with Crippen molar-refractivity contribution in [1.29, 1.82) is 0 Å². The molecule has 0 aliphatic heterocycles. The number of hydrogen-bond donors (Lipinski definition) is 3. The number of carbonyl (C=O) groups is 3. The van der Waals surface area contributed by atoms with Crippen LogP contribution in [0.1, 0.15) is 48.2 Å². The van der Waals surface area contributed by atoms with E-state index >= 15 is 0 Å². The lowest BCUT2D eigenvalue weighted by atomic mass is 9.94. The highest BCUT2D eigenvalue weighted by Gasteiger charge is 2.38. The molecule has 11 heteroatoms. The average Bonchev–Trinajstić information content (AvgIpc) is 3.33. The topological polar surface area (TPSA) is 126 Å². The Bertz CT molecular complexity index is 984. The molecular weight excluding hydrogens is 455 g/mol. The molecule has 0 saturated heterocycles. The minimum atomic E-state index is -5.08. The Morgan fingerprint density at radius 3 is 2.38 bits per heavy atom. The third kappa shape index (κ3) is 7.91. The minimum absolute atomic E-state index is 0.0233. The fraction of sp³-hybridized carbons (Fsp3) is 0.435. The molecule has 1 aliphatic rings. The van der Waals surface area contributed by atoms with Gasteiger partial charge in [0.25, 0.3) is 5.91 Å². The number of furan rings is 1. The molecule has 2 aromatic rings. The summed E-state index contributed by atoms with van der Waals surface area (Å²) in [6.07, 6.45) is 0.563. The molecule has 0 spiro atoms. The second-order valence-corrected chi connectivity index (χ2v) is 7.85. The van der Waals surface area contributed by atoms with Crippen molar-refractivity contribution in [3.05, 3.63) is 47.7 Å². The number of benzene rings is 1. The van der Waals surface area contributed by atoms with Crippen molar-refractivity contribution in [2.75, 3.05) is 13.6 Å². The maximum Gasteiger partial charge on any atom is 0.490 e. The first kappa shape index (κ1) is 26.9. The molecule has 186 valence electrons. The Hall–Kier alpha value is -3.34. The van der Waals surface area contributed by atoms with Crippen molar-refractivity contribution < 1.29 is 37.1 Å². The number of amides is 2. The predicted octanol–water partition coefficient (Wildman–Crippen LogP) is 3.56. The molecule has 1 fully saturated rings. The van der Waals surface area contributed by atoms with Crippen LogP contribution in [0.25, 0.3) is 11.3 Å². The van der Waals surface area contributed by atoms with Crippen LogP contribution in [-0.2, 0) is 16.1 Å². The van der Waals surface area contributed by atoms with Gasteiger partial charge in [-0.15, -0.1) is 0 Å². The van der Waals surface area contributed by atoms with Gasteiger partial charge in [0.1, 0.15) is 5.76 Å². The average molecular weight is 483 g/mol. The summed E-state index contributed by atoms with van der Waals surface area (Å²) in [5, 5.41) is 9.79. The third-order valence-electron chi connectivity index (χ3n) is 5.44. The number of carboxylic acid groups (broad SMARTS) is 1. The van der Waals surface area contributed by atoms with Gasteiger partial charge in [0.2, 0.25) is 5.91 Å². The van der Waals surface area contributed by atoms with Crippen molar-refractivity contribution >= 4 is 17.8 Å². The summed E-state index contributed by atoms with van der Waals surface area (Å²) >= 11 is 0. The molecule has 0 unspecified atom stereocenters. The van der Waals surface area contributed by atoms with E-state index in [4.69, 9.17) is 20.1 Å². The van der Waals surface area contributed by atoms with Crippen molar-refractivity contribution in [1.82, 2.24) is 10.2 Å². The summed E-state index contributed by atoms with van der Waals surface area (Å²) < 4.78 is 37.4. The van der Waals surface area contributed by atoms with E-state index in [9.17, 15) is 22.8 Å². The van der Waals surface area contributed by atoms with Crippen LogP contribution in [-0.4, -0.2) is 53.6 Å². The van der Waals surface area contributed by atoms with E-state index in [2.05, 4.69) is 5.32 Å². The van der Waals surface area contributed by atoms with E-state index in [0.29, 0.717) is 12.3 Å². The molecule has 1 heterocycles. The lowest BCUT2D eigenvalue weighted by Gasteiger charge is -2.31. The van der Waals surface area contributed by atoms with E-state index in [0.717, 1.165) is 36.8 Å². The highest BCUT2D eigenvalue weighted by Crippen LogP contribution is 2.23. The Balaban J connectivity index is 0.000000509. The summed E-state index contributed by atoms with van der Waals surface area (Å²) in [7, 11) is 1.82. The largest absolute Gasteiger partial charge is 0.490 e. The first-order chi connectivity index (χ1) is 16.0. The van der Waals surface area contributed by atoms with Gasteiger partial charge in [0, 0.05) is 25.2 Å². The molecule has 4 N–H and O–H groups in total. The van der Waals surface area contributed by atoms with Gasteiger partial charge < -0.3 is 25.5 Å². The van der Waals surface area contributed by atoms with Crippen LogP contribution in [0.4, 0.5) is 13.2 Å². The first-order valence-corrected chi connectivity index (χ1v) is 10.8. The Morgan fingerprint density at radius 2 is 1.79 bits per heavy atom. The maximum absolute atomic E-state index is 12.3. The summed E-state index contributed by atoms with van der Waals surface area (Å²) in [5.41, 5.74) is 7.52. The number of rotatable bonds is 6. The van der Waals surface area contributed by atoms with Crippen LogP contribution < -0.4 is 11.1 Å². The monoisotopic (exact) mass is 483 g/mol. The molecule has 3 rings (SSSR count). The van der Waals surface area contributed by atoms with Gasteiger partial charge in [0.15, 0.2) is 5.76 Å². The number of aliphatic carboxylic acids is 1. The number of nitrogens with one attached hydrogen (secondary N) is 1. The fourth-order valence-corrected chi connectivity index (χ4v) is 3.51. The van der Waals surface area contributed by atoms with E-state index in [1.165, 1.54) is 6.42 Å². The highest BCUT2D eigenvalue weighted by molar-refractivity contribution is 5.94. The van der Waals surface area contributed by atoms with Crippen molar-refractivity contribution in [3.8, 4) is 11.3 Å². The van der Waals surface area contributed by atoms with Crippen molar-refractivity contribution in [3.63, 3.8) is 0 Å². The van der Waals surface area contributed by atoms with Gasteiger partial charge in [-0.2, -0.15) is 13.2 Å². The van der Waals surface area contributed by atoms with Crippen LogP contribution >= 0.6 is 0 Å². The highest BCUT2D eigenvalue weighted by atomic mass is 19.4. The fourth-order valence-electron chi connectivity index (χ4n) is 3.51. The van der Waals surface area contributed by atoms with Crippen LogP contribution in [0.15, 0.2) is 40.8 Å². The van der Waals surface area contributed by atoms with Gasteiger partial charge >= 0.3 is 12.1 Å². The zero-order valence-electron chi connectivity index (χ0n) is 18.7. The number of alkyl halides is 3. The molecule has 1 aromatic heterocycles. The normalized spacial score (nSPS) is 14.0. The van der Waals surface area contributed by atoms with Crippen LogP contribution in [0.3, 0.4) is 0 Å². The van der Waals surface area contributed by atoms with Crippen molar-refractivity contribution in [2.45, 2.75) is 50.9 Å².